The van der Waals surface area contributed by atoms with Gasteiger partial charge in [-0.25, -0.2) is 0 Å². The molecular weight excluding hydrogens is 821 g/mol. The van der Waals surface area contributed by atoms with E-state index in [0.717, 1.165) is 0 Å². The van der Waals surface area contributed by atoms with Gasteiger partial charge in [-0.3, -0.25) is 28.8 Å². The van der Waals surface area contributed by atoms with Crippen LogP contribution in [0, 0.1) is 17.8 Å². The standard InChI is InChI=1S/C45H80BN9O9/c1-26(2)21-33(38(50)57)52-41(60)34(22-27(3)4)54-43(62)36(25-29-17-18-37(56)30(24-29)46-63-44(7,8)45(9,10)64-46)55-42(61)35(23-28(5)6)53-40(59)32(16-12-14-20-48)51-39(58)31(49)15-11-13-19-47/h17-18,24,26-28,31-36,56H,11-16,19-23,25,47-49H2,1-10H3,(H2,50,57)(H,51,58)(H,52,60)(H,53,59)(H,54,62)(H,55,61)/t31-,32-,33-,34-,35-,36-/m0/s1. The first-order chi connectivity index (χ1) is 29.8. The van der Waals surface area contributed by atoms with E-state index in [0.29, 0.717) is 56.2 Å². The Balaban J connectivity index is 2.56. The number of nitrogens with two attached hydrogens (primary N) is 4. The van der Waals surface area contributed by atoms with Gasteiger partial charge < -0.3 is 63.9 Å². The number of carbonyl (C=O) groups excluding carboxylic acids is 6. The molecule has 1 aliphatic rings. The zero-order valence-corrected chi connectivity index (χ0v) is 40.0. The number of phenols is 1. The maximum absolute atomic E-state index is 14.5. The molecular formula is C45H80BN9O9. The normalized spacial score (nSPS) is 17.3. The molecule has 14 N–H and O–H groups in total. The van der Waals surface area contributed by atoms with Crippen molar-refractivity contribution in [1.82, 2.24) is 26.6 Å². The summed E-state index contributed by atoms with van der Waals surface area (Å²) in [6.07, 6.45) is 3.59. The van der Waals surface area contributed by atoms with Gasteiger partial charge in [0.2, 0.25) is 35.4 Å². The maximum Gasteiger partial charge on any atom is 0.498 e. The second-order valence-electron chi connectivity index (χ2n) is 19.5. The number of benzene rings is 1. The highest BCUT2D eigenvalue weighted by Gasteiger charge is 2.52. The summed E-state index contributed by atoms with van der Waals surface area (Å²) in [6, 6.07) is -1.79. The molecule has 64 heavy (non-hydrogen) atoms. The summed E-state index contributed by atoms with van der Waals surface area (Å²) in [4.78, 5) is 82.1. The third-order valence-corrected chi connectivity index (χ3v) is 11.6. The van der Waals surface area contributed by atoms with Gasteiger partial charge in [0.05, 0.1) is 17.2 Å². The van der Waals surface area contributed by atoms with Gasteiger partial charge in [0.25, 0.3) is 0 Å². The number of amides is 6. The van der Waals surface area contributed by atoms with Gasteiger partial charge in [-0.05, 0) is 122 Å². The van der Waals surface area contributed by atoms with Crippen LogP contribution >= 0.6 is 0 Å². The molecule has 19 heteroatoms. The topological polar surface area (TPSA) is 305 Å². The highest BCUT2D eigenvalue weighted by molar-refractivity contribution is 6.63. The van der Waals surface area contributed by atoms with E-state index in [1.165, 1.54) is 6.07 Å². The van der Waals surface area contributed by atoms with Gasteiger partial charge in [-0.1, -0.05) is 60.1 Å². The van der Waals surface area contributed by atoms with Crippen LogP contribution in [0.1, 0.15) is 133 Å². The van der Waals surface area contributed by atoms with Crippen molar-refractivity contribution in [1.29, 1.82) is 0 Å². The van der Waals surface area contributed by atoms with Crippen LogP contribution in [0.5, 0.6) is 5.75 Å². The molecule has 1 aliphatic heterocycles. The monoisotopic (exact) mass is 902 g/mol. The summed E-state index contributed by atoms with van der Waals surface area (Å²) in [5.41, 5.74) is 22.5. The number of rotatable bonds is 28. The van der Waals surface area contributed by atoms with Crippen LogP contribution in [0.15, 0.2) is 18.2 Å². The van der Waals surface area contributed by atoms with Crippen LogP contribution in [0.4, 0.5) is 0 Å². The van der Waals surface area contributed by atoms with Crippen LogP contribution < -0.4 is 55.0 Å². The van der Waals surface area contributed by atoms with Gasteiger partial charge in [-0.15, -0.1) is 0 Å². The molecule has 2 rings (SSSR count). The summed E-state index contributed by atoms with van der Waals surface area (Å²) in [5, 5.41) is 24.9. The molecule has 1 aromatic carbocycles. The molecule has 0 aliphatic carbocycles. The van der Waals surface area contributed by atoms with Crippen molar-refractivity contribution in [2.45, 2.75) is 181 Å². The predicted octanol–water partition coefficient (Wildman–Crippen LogP) is 0.867. The van der Waals surface area contributed by atoms with Crippen molar-refractivity contribution < 1.29 is 43.2 Å². The smallest absolute Gasteiger partial charge is 0.498 e. The van der Waals surface area contributed by atoms with E-state index in [1.54, 1.807) is 12.1 Å². The van der Waals surface area contributed by atoms with E-state index in [2.05, 4.69) is 26.6 Å². The van der Waals surface area contributed by atoms with E-state index in [1.807, 2.05) is 69.2 Å². The highest BCUT2D eigenvalue weighted by atomic mass is 16.7. The van der Waals surface area contributed by atoms with Crippen LogP contribution in [-0.2, 0) is 44.5 Å². The van der Waals surface area contributed by atoms with Crippen molar-refractivity contribution in [2.24, 2.45) is 40.7 Å². The Bertz CT molecular complexity index is 1690. The molecule has 0 saturated carbocycles. The average molecular weight is 902 g/mol. The number of unbranched alkanes of at least 4 members (excludes halogenated alkanes) is 2. The summed E-state index contributed by atoms with van der Waals surface area (Å²) >= 11 is 0. The number of aromatic hydroxyl groups is 1. The van der Waals surface area contributed by atoms with E-state index in [9.17, 15) is 33.9 Å². The Labute approximate surface area is 381 Å². The first-order valence-electron chi connectivity index (χ1n) is 23.0. The third kappa shape index (κ3) is 17.9. The van der Waals surface area contributed by atoms with E-state index >= 15 is 0 Å². The lowest BCUT2D eigenvalue weighted by Gasteiger charge is -2.32. The molecule has 1 aromatic rings. The fraction of sp³-hybridized carbons (Fsp3) is 0.733. The number of hydrogen-bond donors (Lipinski definition) is 10. The van der Waals surface area contributed by atoms with Gasteiger partial charge in [0.15, 0.2) is 0 Å². The molecule has 0 unspecified atom stereocenters. The van der Waals surface area contributed by atoms with Gasteiger partial charge in [-0.2, -0.15) is 0 Å². The van der Waals surface area contributed by atoms with Crippen LogP contribution in [0.3, 0.4) is 0 Å². The molecule has 0 aromatic heterocycles. The van der Waals surface area contributed by atoms with Gasteiger partial charge in [0.1, 0.15) is 36.0 Å². The van der Waals surface area contributed by atoms with Gasteiger partial charge >= 0.3 is 7.12 Å². The van der Waals surface area contributed by atoms with Crippen molar-refractivity contribution >= 4 is 48.0 Å². The molecule has 0 spiro atoms. The lowest BCUT2D eigenvalue weighted by Crippen LogP contribution is -2.60. The molecule has 6 amide bonds. The summed E-state index contributed by atoms with van der Waals surface area (Å²) < 4.78 is 12.4. The largest absolute Gasteiger partial charge is 0.508 e. The van der Waals surface area contributed by atoms with E-state index in [-0.39, 0.29) is 55.6 Å². The molecule has 1 fully saturated rings. The second-order valence-corrected chi connectivity index (χ2v) is 19.5. The zero-order chi connectivity index (χ0) is 48.5. The number of phenolic OH excluding ortho intramolecular Hbond substituents is 1. The lowest BCUT2D eigenvalue weighted by molar-refractivity contribution is -0.135. The van der Waals surface area contributed by atoms with Crippen LogP contribution in [0.2, 0.25) is 0 Å². The SMILES string of the molecule is CC(C)C[C@H](NC(=O)[C@H](CC(C)C)NC(=O)[C@H](Cc1ccc(O)c(B2OC(C)(C)C(C)(C)O2)c1)NC(=O)[C@H](CC(C)C)NC(=O)[C@H](CCCCN)NC(=O)[C@@H](N)CCCCN)C(N)=O. The van der Waals surface area contributed by atoms with Crippen LogP contribution in [-0.4, -0.2) is 108 Å². The summed E-state index contributed by atoms with van der Waals surface area (Å²) in [5.74, 6) is -4.10. The van der Waals surface area contributed by atoms with Crippen molar-refractivity contribution in [2.75, 3.05) is 13.1 Å². The second kappa shape index (κ2) is 26.0. The third-order valence-electron chi connectivity index (χ3n) is 11.6. The molecule has 18 nitrogen and oxygen atoms in total. The summed E-state index contributed by atoms with van der Waals surface area (Å²) in [7, 11) is -0.945. The van der Waals surface area contributed by atoms with E-state index in [4.69, 9.17) is 32.2 Å². The summed E-state index contributed by atoms with van der Waals surface area (Å²) in [6.45, 7) is 19.6. The minimum Gasteiger partial charge on any atom is -0.508 e. The predicted molar refractivity (Wildman–Crippen MR) is 249 cm³/mol. The first-order valence-corrected chi connectivity index (χ1v) is 23.0. The minimum atomic E-state index is -1.33. The molecule has 0 radical (unpaired) electrons. The van der Waals surface area contributed by atoms with Crippen molar-refractivity contribution in [3.8, 4) is 5.75 Å². The Morgan fingerprint density at radius 1 is 0.609 bits per heavy atom. The Hall–Kier alpha value is -4.30. The Kier molecular flexibility index (Phi) is 22.7. The number of hydrogen-bond acceptors (Lipinski definition) is 12. The zero-order valence-electron chi connectivity index (χ0n) is 40.0. The van der Waals surface area contributed by atoms with E-state index < -0.39 is 90.0 Å². The first kappa shape index (κ1) is 55.8. The Morgan fingerprint density at radius 3 is 1.48 bits per heavy atom. The molecule has 1 heterocycles. The molecule has 1 saturated heterocycles. The quantitative estimate of drug-likeness (QED) is 0.0414. The maximum atomic E-state index is 14.5. The van der Waals surface area contributed by atoms with Crippen LogP contribution in [0.25, 0.3) is 0 Å². The van der Waals surface area contributed by atoms with Gasteiger partial charge in [0, 0.05) is 11.9 Å². The molecule has 6 atom stereocenters. The van der Waals surface area contributed by atoms with Crippen molar-refractivity contribution in [3.63, 3.8) is 0 Å². The molecule has 362 valence electrons. The van der Waals surface area contributed by atoms with Crippen molar-refractivity contribution in [3.05, 3.63) is 23.8 Å². The lowest BCUT2D eigenvalue weighted by atomic mass is 9.77. The fourth-order valence-electron chi connectivity index (χ4n) is 7.23. The number of primary amides is 1. The highest BCUT2D eigenvalue weighted by Crippen LogP contribution is 2.37. The fourth-order valence-corrected chi connectivity index (χ4v) is 7.23. The number of carbonyl (C=O) groups is 6. The Morgan fingerprint density at radius 2 is 1.02 bits per heavy atom. The average Bonchev–Trinajstić information content (AvgIpc) is 3.41. The molecule has 0 bridgehead atoms. The minimum absolute atomic E-state index is 0.0312. The number of nitrogens with one attached hydrogen (secondary N) is 5.